The number of cyclic esters (lactones) is 2. The molecule has 3 aliphatic rings. The third kappa shape index (κ3) is 3.00. The van der Waals surface area contributed by atoms with Crippen LogP contribution in [0.5, 0.6) is 0 Å². The molecule has 9 heteroatoms. The van der Waals surface area contributed by atoms with E-state index in [0.717, 1.165) is 6.42 Å². The molecule has 1 saturated heterocycles. The van der Waals surface area contributed by atoms with Crippen molar-refractivity contribution in [3.05, 3.63) is 0 Å². The van der Waals surface area contributed by atoms with Crippen LogP contribution in [-0.4, -0.2) is 41.9 Å². The lowest BCUT2D eigenvalue weighted by Gasteiger charge is -2.37. The van der Waals surface area contributed by atoms with Crippen LogP contribution < -0.4 is 0 Å². The van der Waals surface area contributed by atoms with Gasteiger partial charge in [-0.2, -0.15) is 13.2 Å². The minimum atomic E-state index is -5.18. The Morgan fingerprint density at radius 3 is 2.50 bits per heavy atom. The van der Waals surface area contributed by atoms with E-state index in [1.54, 1.807) is 0 Å². The highest BCUT2D eigenvalue weighted by molar-refractivity contribution is 5.97. The Bertz CT molecular complexity index is 614. The molecule has 8 atom stereocenters. The summed E-state index contributed by atoms with van der Waals surface area (Å²) in [4.78, 5) is 35.5. The third-order valence-electron chi connectivity index (χ3n) is 6.42. The van der Waals surface area contributed by atoms with E-state index in [2.05, 4.69) is 4.74 Å². The summed E-state index contributed by atoms with van der Waals surface area (Å²) in [6.45, 7) is 3.15. The number of carbonyl (C=O) groups is 3. The number of aliphatic hydroxyl groups is 1. The van der Waals surface area contributed by atoms with E-state index in [0.29, 0.717) is 6.42 Å². The predicted molar refractivity (Wildman–Crippen MR) is 79.1 cm³/mol. The fourth-order valence-corrected chi connectivity index (χ4v) is 5.42. The van der Waals surface area contributed by atoms with Crippen molar-refractivity contribution in [3.63, 3.8) is 0 Å². The number of esters is 3. The van der Waals surface area contributed by atoms with Crippen LogP contribution in [0.25, 0.3) is 0 Å². The molecule has 3 fully saturated rings. The highest BCUT2D eigenvalue weighted by Crippen LogP contribution is 2.59. The molecule has 6 nitrogen and oxygen atoms in total. The fourth-order valence-electron chi connectivity index (χ4n) is 5.42. The maximum absolute atomic E-state index is 12.5. The zero-order valence-corrected chi connectivity index (χ0v) is 14.4. The number of alkyl halides is 3. The van der Waals surface area contributed by atoms with E-state index < -0.39 is 42.0 Å². The van der Waals surface area contributed by atoms with Gasteiger partial charge in [-0.1, -0.05) is 6.92 Å². The second-order valence-corrected chi connectivity index (χ2v) is 7.67. The standard InChI is InChI=1S/C17H21F3O6/c1-6-10-4-8(3-9(10)5-21)11(6)13-12(14(22)26-15(13)23)7(2)25-16(24)17(18,19)20/h6-13,21H,3-5H2,1-2H3. The average Bonchev–Trinajstić information content (AvgIpc) is 3.16. The Labute approximate surface area is 148 Å². The third-order valence-corrected chi connectivity index (χ3v) is 6.42. The molecular weight excluding hydrogens is 357 g/mol. The molecule has 1 aliphatic heterocycles. The van der Waals surface area contributed by atoms with Crippen LogP contribution in [0.15, 0.2) is 0 Å². The Hall–Kier alpha value is -1.64. The second kappa shape index (κ2) is 6.51. The van der Waals surface area contributed by atoms with Crippen LogP contribution in [0.4, 0.5) is 13.2 Å². The van der Waals surface area contributed by atoms with Gasteiger partial charge in [0, 0.05) is 6.61 Å². The summed E-state index contributed by atoms with van der Waals surface area (Å²) in [6.07, 6.45) is -5.09. The smallest absolute Gasteiger partial charge is 0.455 e. The Kier molecular flexibility index (Phi) is 4.79. The maximum atomic E-state index is 12.5. The number of fused-ring (bicyclic) bond motifs is 2. The van der Waals surface area contributed by atoms with Gasteiger partial charge in [0.15, 0.2) is 0 Å². The number of ether oxygens (including phenoxy) is 2. The maximum Gasteiger partial charge on any atom is 0.490 e. The van der Waals surface area contributed by atoms with Gasteiger partial charge in [0.25, 0.3) is 0 Å². The van der Waals surface area contributed by atoms with Crippen LogP contribution in [0, 0.1) is 41.4 Å². The van der Waals surface area contributed by atoms with E-state index >= 15 is 0 Å². The van der Waals surface area contributed by atoms with E-state index in [4.69, 9.17) is 4.74 Å². The van der Waals surface area contributed by atoms with E-state index in [9.17, 15) is 32.7 Å². The van der Waals surface area contributed by atoms with E-state index in [1.807, 2.05) is 6.92 Å². The number of carbonyl (C=O) groups excluding carboxylic acids is 3. The average molecular weight is 378 g/mol. The SMILES string of the molecule is CC(OC(=O)C(F)(F)F)C1C(=O)OC(=O)C1C1C2CC(CO)C(C2)C1C. The predicted octanol–water partition coefficient (Wildman–Crippen LogP) is 1.70. The fraction of sp³-hybridized carbons (Fsp3) is 0.824. The normalized spacial score (nSPS) is 40.6. The van der Waals surface area contributed by atoms with Crippen molar-refractivity contribution in [1.82, 2.24) is 0 Å². The Balaban J connectivity index is 1.81. The number of aliphatic hydroxyl groups excluding tert-OH is 1. The first-order valence-corrected chi connectivity index (χ1v) is 8.70. The molecule has 2 saturated carbocycles. The number of rotatable bonds is 4. The summed E-state index contributed by atoms with van der Waals surface area (Å²) in [7, 11) is 0. The van der Waals surface area contributed by atoms with Crippen LogP contribution >= 0.6 is 0 Å². The molecule has 0 aromatic rings. The van der Waals surface area contributed by atoms with Crippen molar-refractivity contribution in [2.45, 2.75) is 39.0 Å². The molecule has 2 bridgehead atoms. The van der Waals surface area contributed by atoms with E-state index in [1.165, 1.54) is 6.92 Å². The minimum Gasteiger partial charge on any atom is -0.455 e. The van der Waals surface area contributed by atoms with Gasteiger partial charge in [-0.25, -0.2) is 4.79 Å². The monoisotopic (exact) mass is 378 g/mol. The molecular formula is C17H21F3O6. The Morgan fingerprint density at radius 2 is 1.96 bits per heavy atom. The quantitative estimate of drug-likeness (QED) is 0.592. The molecule has 0 radical (unpaired) electrons. The molecule has 146 valence electrons. The summed E-state index contributed by atoms with van der Waals surface area (Å²) in [5.41, 5.74) is 0. The molecule has 3 rings (SSSR count). The molecule has 2 aliphatic carbocycles. The lowest BCUT2D eigenvalue weighted by molar-refractivity contribution is -0.207. The number of hydrogen-bond donors (Lipinski definition) is 1. The zero-order chi connectivity index (χ0) is 19.4. The molecule has 26 heavy (non-hydrogen) atoms. The Morgan fingerprint density at radius 1 is 1.31 bits per heavy atom. The highest BCUT2D eigenvalue weighted by atomic mass is 19.4. The molecule has 0 aromatic heterocycles. The largest absolute Gasteiger partial charge is 0.490 e. The molecule has 0 aromatic carbocycles. The van der Waals surface area contributed by atoms with Crippen molar-refractivity contribution in [1.29, 1.82) is 0 Å². The van der Waals surface area contributed by atoms with Crippen LogP contribution in [0.1, 0.15) is 26.7 Å². The van der Waals surface area contributed by atoms with Gasteiger partial charge in [0.1, 0.15) is 12.0 Å². The van der Waals surface area contributed by atoms with E-state index in [-0.39, 0.29) is 36.2 Å². The summed E-state index contributed by atoms with van der Waals surface area (Å²) in [6, 6.07) is 0. The molecule has 0 amide bonds. The van der Waals surface area contributed by atoms with Gasteiger partial charge < -0.3 is 14.6 Å². The molecule has 1 heterocycles. The summed E-state index contributed by atoms with van der Waals surface area (Å²) in [5, 5.41) is 9.46. The zero-order valence-electron chi connectivity index (χ0n) is 14.4. The van der Waals surface area contributed by atoms with Crippen LogP contribution in [0.2, 0.25) is 0 Å². The molecule has 8 unspecified atom stereocenters. The number of halogens is 3. The van der Waals surface area contributed by atoms with Gasteiger partial charge in [0.2, 0.25) is 0 Å². The molecule has 1 N–H and O–H groups in total. The minimum absolute atomic E-state index is 0.0161. The summed E-state index contributed by atoms with van der Waals surface area (Å²) < 4.78 is 46.5. The highest BCUT2D eigenvalue weighted by Gasteiger charge is 2.61. The first-order valence-electron chi connectivity index (χ1n) is 8.70. The lowest BCUT2D eigenvalue weighted by Crippen LogP contribution is -2.42. The van der Waals surface area contributed by atoms with Crippen molar-refractivity contribution >= 4 is 17.9 Å². The second-order valence-electron chi connectivity index (χ2n) is 7.67. The van der Waals surface area contributed by atoms with Gasteiger partial charge >= 0.3 is 24.1 Å². The summed E-state index contributed by atoms with van der Waals surface area (Å²) in [5.74, 6) is -6.07. The van der Waals surface area contributed by atoms with Gasteiger partial charge in [-0.05, 0) is 49.4 Å². The molecule has 0 spiro atoms. The van der Waals surface area contributed by atoms with Crippen molar-refractivity contribution in [3.8, 4) is 0 Å². The van der Waals surface area contributed by atoms with Crippen molar-refractivity contribution < 1.29 is 42.1 Å². The summed E-state index contributed by atoms with van der Waals surface area (Å²) >= 11 is 0. The van der Waals surface area contributed by atoms with Crippen molar-refractivity contribution in [2.75, 3.05) is 6.61 Å². The van der Waals surface area contributed by atoms with Crippen molar-refractivity contribution in [2.24, 2.45) is 41.4 Å². The lowest BCUT2D eigenvalue weighted by atomic mass is 9.66. The topological polar surface area (TPSA) is 89.9 Å². The van der Waals surface area contributed by atoms with Gasteiger partial charge in [-0.3, -0.25) is 9.59 Å². The number of hydrogen-bond acceptors (Lipinski definition) is 6. The van der Waals surface area contributed by atoms with Gasteiger partial charge in [-0.15, -0.1) is 0 Å². The van der Waals surface area contributed by atoms with Crippen LogP contribution in [0.3, 0.4) is 0 Å². The van der Waals surface area contributed by atoms with Crippen LogP contribution in [-0.2, 0) is 23.9 Å². The first-order chi connectivity index (χ1) is 12.1. The first kappa shape index (κ1) is 19.1. The van der Waals surface area contributed by atoms with Gasteiger partial charge in [0.05, 0.1) is 5.92 Å².